The third-order valence-corrected chi connectivity index (χ3v) is 22.8. The number of aliphatic carboxylic acids is 1. The van der Waals surface area contributed by atoms with Crippen molar-refractivity contribution in [1.29, 1.82) is 0 Å². The molecule has 129 heavy (non-hydrogen) atoms. The molecule has 3 aliphatic carbocycles. The van der Waals surface area contributed by atoms with E-state index in [-0.39, 0.29) is 95.7 Å². The molecule has 34 heteroatoms. The van der Waals surface area contributed by atoms with Gasteiger partial charge in [-0.15, -0.1) is 25.6 Å². The number of ether oxygens (including phenoxy) is 10. The minimum absolute atomic E-state index is 0. The molecule has 15 rings (SSSR count). The van der Waals surface area contributed by atoms with Crippen LogP contribution < -0.4 is 44.8 Å². The van der Waals surface area contributed by atoms with Gasteiger partial charge in [-0.3, -0.25) is 28.9 Å². The van der Waals surface area contributed by atoms with Gasteiger partial charge in [-0.2, -0.15) is 0 Å². The molecule has 3 saturated carbocycles. The van der Waals surface area contributed by atoms with Crippen LogP contribution in [0.25, 0.3) is 66.5 Å². The van der Waals surface area contributed by atoms with Crippen molar-refractivity contribution >= 4 is 137 Å². The molecule has 9 aromatic rings. The SMILES string of the molecule is C.C=CC1CC1(N)C(=O)OCC.COc1ccc2c(O[C@@H]3C[C@@H](C(=O)O)N(C(=O)OC(C)(C)C)C3)cc(-c3ccccc3)nc2c1.Cl.S=S.[B]C(=O)N1C[C@H](Oc2cc(-c3ccccc3)nc3cc(OC)ccc23)C[C@H]1C(=O)N[C@@]1(C(=O)OCC)CC1C=C.[B]C(=O)N1C[C@H](Oc2cc(-c3ccccc3)nc3cc(OC)ccc23)C[C@H]1C(=O)N[C@]1(C(=O)OCC)CC1CC. The molecule has 5 N–H and O–H groups in total. The summed E-state index contributed by atoms with van der Waals surface area (Å²) in [4.78, 5) is 131. The molecule has 4 radical (unpaired) electrons. The maximum absolute atomic E-state index is 13.5. The van der Waals surface area contributed by atoms with Crippen LogP contribution in [0.5, 0.6) is 34.5 Å². The number of nitrogens with one attached hydrogen (secondary N) is 2. The number of halogens is 1. The summed E-state index contributed by atoms with van der Waals surface area (Å²) in [5, 5.41) is 17.7. The number of methoxy groups -OCH3 is 3. The highest BCUT2D eigenvalue weighted by atomic mass is 35.5. The smallest absolute Gasteiger partial charge is 0.411 e. The fraction of sp³-hybridized carbons (Fsp3) is 0.389. The van der Waals surface area contributed by atoms with Gasteiger partial charge >= 0.3 is 30.0 Å². The Labute approximate surface area is 769 Å². The van der Waals surface area contributed by atoms with E-state index in [1.807, 2.05) is 171 Å². The first-order valence-corrected chi connectivity index (χ1v) is 43.0. The molecule has 6 aliphatic rings. The number of carbonyl (C=O) groups excluding carboxylic acids is 8. The lowest BCUT2D eigenvalue weighted by Crippen LogP contribution is -2.53. The second-order valence-corrected chi connectivity index (χ2v) is 32.2. The van der Waals surface area contributed by atoms with Gasteiger partial charge in [0.15, 0.2) is 11.6 Å². The van der Waals surface area contributed by atoms with Crippen molar-refractivity contribution in [3.63, 3.8) is 0 Å². The normalized spacial score (nSPS) is 22.3. The topological polar surface area (TPSA) is 365 Å². The predicted molar refractivity (Wildman–Crippen MR) is 498 cm³/mol. The Balaban J connectivity index is 0.000000203. The van der Waals surface area contributed by atoms with Crippen molar-refractivity contribution in [2.24, 2.45) is 23.5 Å². The van der Waals surface area contributed by atoms with Crippen molar-refractivity contribution in [1.82, 2.24) is 40.3 Å². The van der Waals surface area contributed by atoms with Crippen LogP contribution in [-0.2, 0) is 70.1 Å². The maximum atomic E-state index is 13.5. The second kappa shape index (κ2) is 44.1. The van der Waals surface area contributed by atoms with Crippen molar-refractivity contribution in [2.45, 2.75) is 159 Å². The zero-order valence-electron chi connectivity index (χ0n) is 72.9. The zero-order chi connectivity index (χ0) is 91.8. The average molecular weight is 1820 g/mol. The van der Waals surface area contributed by atoms with Gasteiger partial charge in [0.05, 0.1) is 94.4 Å². The lowest BCUT2D eigenvalue weighted by molar-refractivity contribution is -0.150. The molecule has 0 bridgehead atoms. The third kappa shape index (κ3) is 23.6. The highest BCUT2D eigenvalue weighted by Gasteiger charge is 2.64. The molecule has 3 aromatic heterocycles. The second-order valence-electron chi connectivity index (χ2n) is 32.2. The highest BCUT2D eigenvalue weighted by molar-refractivity contribution is 8.07. The van der Waals surface area contributed by atoms with Gasteiger partial charge in [0.1, 0.15) is 93.2 Å². The van der Waals surface area contributed by atoms with E-state index in [0.717, 1.165) is 39.3 Å². The number of carbonyl (C=O) groups is 9. The molecule has 6 fully saturated rings. The van der Waals surface area contributed by atoms with Gasteiger partial charge in [-0.05, 0) is 103 Å². The van der Waals surface area contributed by atoms with E-state index in [2.05, 4.69) is 46.2 Å². The predicted octanol–water partition coefficient (Wildman–Crippen LogP) is 13.8. The highest BCUT2D eigenvalue weighted by Crippen LogP contribution is 2.49. The number of nitrogens with zero attached hydrogens (tertiary/aromatic N) is 6. The minimum atomic E-state index is -1.18. The van der Waals surface area contributed by atoms with Crippen molar-refractivity contribution in [2.75, 3.05) is 60.8 Å². The standard InChI is InChI=1S/C30H32BN3O6.C30H30BN3O6.C26H28N2O6.C8H13NO2.CH4.ClH.S2/c2*1-4-19-16-30(19,28(36)39-5-2)33-27(35)25-14-21(17-34(25)29(31)37)40-26-15-23(18-9-7-6-8-10-18)32-24-13-20(38-3)11-12-22(24)26;1-26(2,3)34-25(31)28-15-18(13-22(28)24(29)30)33-23-14-20(16-8-6-5-7-9-16)27-21-12-17(32-4)10-11-19(21)23;1-3-6-5-8(6,9)7(10)11-4-2;;;1-2/h6-13,15,19,21,25H,4-5,14,16-17H2,1-3H3,(H,33,35);4,6-13,15,19,21,25H,1,5,14,16-17H2,2-3H3,(H,33,35);5-12,14,18,22H,13,15H2,1-4H3,(H,29,30);3,6H,1,4-5,9H2,2H3;1H4;1H;/t19?,21-,25+,30-;19?,21-,25+,30+;18-,22+;;;;/m111..../s1. The van der Waals surface area contributed by atoms with E-state index >= 15 is 0 Å². The largest absolute Gasteiger partial charge is 0.497 e. The maximum Gasteiger partial charge on any atom is 0.411 e. The number of likely N-dealkylation sites (tertiary alicyclic amines) is 3. The van der Waals surface area contributed by atoms with E-state index in [1.165, 1.54) is 14.7 Å². The number of hydrogen-bond donors (Lipinski definition) is 4. The van der Waals surface area contributed by atoms with Crippen LogP contribution in [0.1, 0.15) is 101 Å². The summed E-state index contributed by atoms with van der Waals surface area (Å²) in [5.74, 6) is -1.24. The number of carboxylic acids is 1. The fourth-order valence-electron chi connectivity index (χ4n) is 15.9. The number of pyridine rings is 3. The first kappa shape index (κ1) is 100. The molecule has 0 spiro atoms. The molecule has 4 unspecified atom stereocenters. The molecule has 3 saturated heterocycles. The van der Waals surface area contributed by atoms with Gasteiger partial charge in [-0.1, -0.05) is 124 Å². The number of fused-ring (bicyclic) bond motifs is 3. The van der Waals surface area contributed by atoms with Gasteiger partial charge in [0.2, 0.25) is 27.5 Å². The van der Waals surface area contributed by atoms with E-state index in [1.54, 1.807) is 75.0 Å². The number of nitrogens with two attached hydrogens (primary N) is 1. The van der Waals surface area contributed by atoms with Gasteiger partial charge in [0, 0.05) is 123 Å². The lowest BCUT2D eigenvalue weighted by atomic mass is 10.1. The zero-order valence-corrected chi connectivity index (χ0v) is 75.3. The molecule has 12 atom stereocenters. The van der Waals surface area contributed by atoms with Crippen molar-refractivity contribution in [3.8, 4) is 68.3 Å². The van der Waals surface area contributed by atoms with Crippen LogP contribution in [0.4, 0.5) is 14.4 Å². The molecular weight excluding hydrogens is 1710 g/mol. The Morgan fingerprint density at radius 3 is 1.16 bits per heavy atom. The molecule has 3 aliphatic heterocycles. The molecule has 6 heterocycles. The summed E-state index contributed by atoms with van der Waals surface area (Å²) >= 11 is 7.33. The number of rotatable bonds is 26. The molecule has 29 nitrogen and oxygen atoms in total. The summed E-state index contributed by atoms with van der Waals surface area (Å²) in [6.07, 6.45) is 3.93. The Morgan fingerprint density at radius 2 is 0.853 bits per heavy atom. The van der Waals surface area contributed by atoms with Crippen LogP contribution in [0, 0.1) is 17.8 Å². The van der Waals surface area contributed by atoms with Gasteiger partial charge in [0.25, 0.3) is 0 Å². The number of esters is 3. The number of benzene rings is 6. The molecular formula is C95H108B2ClN9O20S2. The van der Waals surface area contributed by atoms with Gasteiger partial charge in [-0.25, -0.2) is 34.1 Å². The summed E-state index contributed by atoms with van der Waals surface area (Å²) in [6, 6.07) is 48.4. The van der Waals surface area contributed by atoms with Crippen molar-refractivity contribution in [3.05, 3.63) is 189 Å². The first-order chi connectivity index (χ1) is 60.9. The van der Waals surface area contributed by atoms with Crippen LogP contribution in [-0.4, -0.2) is 223 Å². The quantitative estimate of drug-likeness (QED) is 0.0169. The molecule has 678 valence electrons. The molecule has 5 amide bonds. The average Bonchev–Trinajstić information content (AvgIpc) is 1.58. The monoisotopic (exact) mass is 1820 g/mol. The summed E-state index contributed by atoms with van der Waals surface area (Å²) in [6.45, 7) is 20.8. The summed E-state index contributed by atoms with van der Waals surface area (Å²) in [7, 11) is 16.1. The van der Waals surface area contributed by atoms with E-state index in [4.69, 9.17) is 83.7 Å². The number of hydrogen-bond acceptors (Lipinski definition) is 25. The Morgan fingerprint density at radius 1 is 0.504 bits per heavy atom. The van der Waals surface area contributed by atoms with E-state index < -0.39 is 106 Å². The minimum Gasteiger partial charge on any atom is -0.497 e. The van der Waals surface area contributed by atoms with E-state index in [9.17, 15) is 48.3 Å². The number of carboxylic acid groups (broad SMARTS) is 1. The van der Waals surface area contributed by atoms with Crippen LogP contribution >= 0.6 is 12.4 Å². The van der Waals surface area contributed by atoms with Crippen molar-refractivity contribution < 1.29 is 95.6 Å². The van der Waals surface area contributed by atoms with Crippen LogP contribution in [0.3, 0.4) is 0 Å². The fourth-order valence-corrected chi connectivity index (χ4v) is 15.9. The Bertz CT molecular complexity index is 5560. The van der Waals surface area contributed by atoms with Crippen LogP contribution in [0.15, 0.2) is 189 Å². The summed E-state index contributed by atoms with van der Waals surface area (Å²) < 4.78 is 56.0. The number of amides is 5. The Kier molecular flexibility index (Phi) is 34.4. The van der Waals surface area contributed by atoms with Crippen LogP contribution in [0.2, 0.25) is 0 Å². The first-order valence-electron chi connectivity index (χ1n) is 41.7. The summed E-state index contributed by atoms with van der Waals surface area (Å²) in [5.41, 5.74) is 8.89. The Hall–Kier alpha value is -12.3. The van der Waals surface area contributed by atoms with E-state index in [0.29, 0.717) is 94.0 Å². The third-order valence-electron chi connectivity index (χ3n) is 22.8. The molecule has 6 aromatic carbocycles. The lowest BCUT2D eigenvalue weighted by Gasteiger charge is -2.26. The van der Waals surface area contributed by atoms with Gasteiger partial charge < -0.3 is 78.6 Å². The number of aromatic nitrogens is 3.